The quantitative estimate of drug-likeness (QED) is 0.561. The SMILES string of the molecule is O=C(O)c1cc(Cl)ncc1C(O)C(O)CCCl. The first kappa shape index (κ1) is 14.2. The lowest BCUT2D eigenvalue weighted by atomic mass is 10.00. The maximum atomic E-state index is 11.0. The molecule has 2 atom stereocenters. The highest BCUT2D eigenvalue weighted by atomic mass is 35.5. The Morgan fingerprint density at radius 3 is 2.65 bits per heavy atom. The lowest BCUT2D eigenvalue weighted by Gasteiger charge is -2.18. The van der Waals surface area contributed by atoms with Crippen LogP contribution in [-0.4, -0.2) is 38.3 Å². The molecular weight excluding hydrogens is 269 g/mol. The number of aliphatic hydroxyl groups excluding tert-OH is 2. The second-order valence-electron chi connectivity index (χ2n) is 3.39. The summed E-state index contributed by atoms with van der Waals surface area (Å²) in [4.78, 5) is 14.6. The first-order valence-electron chi connectivity index (χ1n) is 4.78. The summed E-state index contributed by atoms with van der Waals surface area (Å²) in [5.74, 6) is -1.09. The zero-order valence-corrected chi connectivity index (χ0v) is 10.2. The van der Waals surface area contributed by atoms with Gasteiger partial charge in [-0.3, -0.25) is 0 Å². The van der Waals surface area contributed by atoms with Gasteiger partial charge in [0.05, 0.1) is 11.7 Å². The van der Waals surface area contributed by atoms with Gasteiger partial charge in [-0.05, 0) is 12.5 Å². The van der Waals surface area contributed by atoms with Gasteiger partial charge in [-0.15, -0.1) is 11.6 Å². The zero-order chi connectivity index (χ0) is 13.0. The van der Waals surface area contributed by atoms with Gasteiger partial charge in [0.2, 0.25) is 0 Å². The van der Waals surface area contributed by atoms with E-state index >= 15 is 0 Å². The van der Waals surface area contributed by atoms with E-state index in [0.29, 0.717) is 0 Å². The van der Waals surface area contributed by atoms with Gasteiger partial charge in [-0.1, -0.05) is 11.6 Å². The predicted octanol–water partition coefficient (Wildman–Crippen LogP) is 1.46. The standard InChI is InChI=1S/C10H11Cl2NO4/c11-2-1-7(14)9(15)6-4-13-8(12)3-5(6)10(16)17/h3-4,7,9,14-15H,1-2H2,(H,16,17). The Morgan fingerprint density at radius 1 is 1.47 bits per heavy atom. The number of pyridine rings is 1. The summed E-state index contributed by atoms with van der Waals surface area (Å²) >= 11 is 11.0. The Labute approximate surface area is 108 Å². The molecule has 3 N–H and O–H groups in total. The first-order chi connectivity index (χ1) is 7.97. The molecule has 1 aromatic heterocycles. The lowest BCUT2D eigenvalue weighted by molar-refractivity contribution is 0.0158. The van der Waals surface area contributed by atoms with E-state index in [1.54, 1.807) is 0 Å². The van der Waals surface area contributed by atoms with Crippen LogP contribution in [0.4, 0.5) is 0 Å². The minimum Gasteiger partial charge on any atom is -0.478 e. The van der Waals surface area contributed by atoms with Crippen molar-refractivity contribution < 1.29 is 20.1 Å². The van der Waals surface area contributed by atoms with Crippen molar-refractivity contribution in [2.45, 2.75) is 18.6 Å². The highest BCUT2D eigenvalue weighted by Crippen LogP contribution is 2.24. The van der Waals surface area contributed by atoms with Gasteiger partial charge in [-0.25, -0.2) is 9.78 Å². The van der Waals surface area contributed by atoms with E-state index in [2.05, 4.69) is 4.98 Å². The maximum Gasteiger partial charge on any atom is 0.336 e. The largest absolute Gasteiger partial charge is 0.478 e. The molecule has 1 rings (SSSR count). The minimum atomic E-state index is -1.36. The molecule has 0 saturated heterocycles. The highest BCUT2D eigenvalue weighted by Gasteiger charge is 2.24. The fourth-order valence-corrected chi connectivity index (χ4v) is 1.72. The molecule has 0 aromatic carbocycles. The number of alkyl halides is 1. The van der Waals surface area contributed by atoms with Crippen molar-refractivity contribution in [2.24, 2.45) is 0 Å². The summed E-state index contributed by atoms with van der Waals surface area (Å²) in [6, 6.07) is 1.12. The molecule has 0 amide bonds. The van der Waals surface area contributed by atoms with Gasteiger partial charge < -0.3 is 15.3 Å². The van der Waals surface area contributed by atoms with Crippen LogP contribution >= 0.6 is 23.2 Å². The van der Waals surface area contributed by atoms with E-state index in [9.17, 15) is 15.0 Å². The van der Waals surface area contributed by atoms with Gasteiger partial charge in [0.1, 0.15) is 11.3 Å². The third-order valence-electron chi connectivity index (χ3n) is 2.22. The maximum absolute atomic E-state index is 11.0. The van der Waals surface area contributed by atoms with E-state index in [-0.39, 0.29) is 28.6 Å². The lowest BCUT2D eigenvalue weighted by Crippen LogP contribution is -2.21. The highest BCUT2D eigenvalue weighted by molar-refractivity contribution is 6.29. The number of halogens is 2. The summed E-state index contributed by atoms with van der Waals surface area (Å²) in [5.41, 5.74) is -0.175. The minimum absolute atomic E-state index is 0.00480. The van der Waals surface area contributed by atoms with Crippen molar-refractivity contribution in [3.8, 4) is 0 Å². The number of hydrogen-bond donors (Lipinski definition) is 3. The van der Waals surface area contributed by atoms with Crippen molar-refractivity contribution >= 4 is 29.2 Å². The number of hydrogen-bond acceptors (Lipinski definition) is 4. The second kappa shape index (κ2) is 6.16. The number of aromatic nitrogens is 1. The number of rotatable bonds is 5. The molecule has 17 heavy (non-hydrogen) atoms. The number of carbonyl (C=O) groups is 1. The zero-order valence-electron chi connectivity index (χ0n) is 8.68. The Bertz CT molecular complexity index is 413. The Kier molecular flexibility index (Phi) is 5.14. The second-order valence-corrected chi connectivity index (χ2v) is 4.15. The topological polar surface area (TPSA) is 90.7 Å². The predicted molar refractivity (Wildman–Crippen MR) is 62.5 cm³/mol. The molecule has 7 heteroatoms. The molecule has 0 saturated carbocycles. The summed E-state index contributed by atoms with van der Waals surface area (Å²) in [7, 11) is 0. The fraction of sp³-hybridized carbons (Fsp3) is 0.400. The van der Waals surface area contributed by atoms with Gasteiger partial charge in [0, 0.05) is 17.6 Å². The van der Waals surface area contributed by atoms with Crippen LogP contribution in [0.25, 0.3) is 0 Å². The molecular formula is C10H11Cl2NO4. The number of nitrogens with zero attached hydrogens (tertiary/aromatic N) is 1. The van der Waals surface area contributed by atoms with Crippen molar-refractivity contribution in [3.05, 3.63) is 28.5 Å². The van der Waals surface area contributed by atoms with Crippen molar-refractivity contribution in [2.75, 3.05) is 5.88 Å². The van der Waals surface area contributed by atoms with Crippen LogP contribution in [0.3, 0.4) is 0 Å². The van der Waals surface area contributed by atoms with Gasteiger partial charge >= 0.3 is 5.97 Å². The molecule has 2 unspecified atom stereocenters. The van der Waals surface area contributed by atoms with Gasteiger partial charge in [0.25, 0.3) is 0 Å². The van der Waals surface area contributed by atoms with E-state index < -0.39 is 18.2 Å². The average Bonchev–Trinajstić information content (AvgIpc) is 2.28. The third kappa shape index (κ3) is 3.54. The van der Waals surface area contributed by atoms with Gasteiger partial charge in [-0.2, -0.15) is 0 Å². The number of aromatic carboxylic acids is 1. The van der Waals surface area contributed by atoms with E-state index in [1.807, 2.05) is 0 Å². The van der Waals surface area contributed by atoms with Crippen LogP contribution in [0.5, 0.6) is 0 Å². The molecule has 0 aliphatic rings. The van der Waals surface area contributed by atoms with Crippen LogP contribution in [0, 0.1) is 0 Å². The van der Waals surface area contributed by atoms with Crippen LogP contribution in [0.2, 0.25) is 5.15 Å². The summed E-state index contributed by atoms with van der Waals surface area (Å²) in [6.45, 7) is 0. The molecule has 1 heterocycles. The molecule has 0 fully saturated rings. The van der Waals surface area contributed by atoms with Crippen LogP contribution in [0.15, 0.2) is 12.3 Å². The van der Waals surface area contributed by atoms with E-state index in [4.69, 9.17) is 28.3 Å². The Hall–Kier alpha value is -0.880. The molecule has 0 spiro atoms. The van der Waals surface area contributed by atoms with Crippen molar-refractivity contribution in [1.82, 2.24) is 4.98 Å². The van der Waals surface area contributed by atoms with Crippen molar-refractivity contribution in [3.63, 3.8) is 0 Å². The summed E-state index contributed by atoms with van der Waals surface area (Å²) in [6.07, 6.45) is -1.23. The van der Waals surface area contributed by atoms with Crippen molar-refractivity contribution in [1.29, 1.82) is 0 Å². The number of aliphatic hydroxyl groups is 2. The molecule has 1 aromatic rings. The molecule has 0 bridgehead atoms. The molecule has 0 aliphatic heterocycles. The number of carboxylic acids is 1. The van der Waals surface area contributed by atoms with Gasteiger partial charge in [0.15, 0.2) is 0 Å². The molecule has 0 aliphatic carbocycles. The van der Waals surface area contributed by atoms with E-state index in [1.165, 1.54) is 0 Å². The van der Waals surface area contributed by atoms with Crippen LogP contribution < -0.4 is 0 Å². The molecule has 94 valence electrons. The van der Waals surface area contributed by atoms with E-state index in [0.717, 1.165) is 12.3 Å². The first-order valence-corrected chi connectivity index (χ1v) is 5.69. The average molecular weight is 280 g/mol. The Balaban J connectivity index is 3.08. The smallest absolute Gasteiger partial charge is 0.336 e. The Morgan fingerprint density at radius 2 is 2.12 bits per heavy atom. The molecule has 5 nitrogen and oxygen atoms in total. The molecule has 0 radical (unpaired) electrons. The normalized spacial score (nSPS) is 14.4. The van der Waals surface area contributed by atoms with Crippen LogP contribution in [-0.2, 0) is 0 Å². The summed E-state index contributed by atoms with van der Waals surface area (Å²) < 4.78 is 0. The third-order valence-corrected chi connectivity index (χ3v) is 2.64. The van der Waals surface area contributed by atoms with Crippen LogP contribution in [0.1, 0.15) is 28.4 Å². The summed E-state index contributed by atoms with van der Waals surface area (Å²) in [5, 5.41) is 28.3. The fourth-order valence-electron chi connectivity index (χ4n) is 1.34. The number of carboxylic acid groups (broad SMARTS) is 1. The monoisotopic (exact) mass is 279 g/mol.